The van der Waals surface area contributed by atoms with Crippen LogP contribution in [0.4, 0.5) is 0 Å². The number of pyridine rings is 1. The van der Waals surface area contributed by atoms with Gasteiger partial charge in [0.15, 0.2) is 12.4 Å². The molecule has 0 bridgehead atoms. The minimum atomic E-state index is -0.913. The van der Waals surface area contributed by atoms with E-state index in [4.69, 9.17) is 9.47 Å². The number of H-pyrrole nitrogens is 2. The highest BCUT2D eigenvalue weighted by molar-refractivity contribution is 6.46. The van der Waals surface area contributed by atoms with E-state index in [9.17, 15) is 19.5 Å². The summed E-state index contributed by atoms with van der Waals surface area (Å²) in [6, 6.07) is 9.57. The highest BCUT2D eigenvalue weighted by atomic mass is 16.5. The summed E-state index contributed by atoms with van der Waals surface area (Å²) in [6.45, 7) is 3.35. The van der Waals surface area contributed by atoms with Crippen molar-refractivity contribution in [2.24, 2.45) is 0 Å². The number of ketones is 1. The van der Waals surface area contributed by atoms with Crippen molar-refractivity contribution in [3.05, 3.63) is 88.0 Å². The van der Waals surface area contributed by atoms with Crippen molar-refractivity contribution in [3.63, 3.8) is 0 Å². The summed E-state index contributed by atoms with van der Waals surface area (Å²) in [5, 5.41) is 13.8. The number of likely N-dealkylation sites (tertiary alicyclic amines) is 1. The maximum atomic E-state index is 13.8. The van der Waals surface area contributed by atoms with Crippen LogP contribution in [0.25, 0.3) is 5.76 Å². The smallest absolute Gasteiger partial charge is 0.354 e. The summed E-state index contributed by atoms with van der Waals surface area (Å²) in [5.74, 6) is -2.27. The molecule has 1 aromatic carbocycles. The number of ether oxygens (including phenoxy) is 2. The minimum Gasteiger partial charge on any atom is -0.872 e. The molecule has 0 spiro atoms. The summed E-state index contributed by atoms with van der Waals surface area (Å²) in [4.78, 5) is 45.8. The number of methoxy groups -OCH3 is 2. The van der Waals surface area contributed by atoms with Crippen molar-refractivity contribution in [2.75, 3.05) is 14.2 Å². The Labute approximate surface area is 202 Å². The Morgan fingerprint density at radius 1 is 1.14 bits per heavy atom. The molecule has 180 valence electrons. The summed E-state index contributed by atoms with van der Waals surface area (Å²) < 4.78 is 10.0. The third-order valence-electron chi connectivity index (χ3n) is 6.14. The van der Waals surface area contributed by atoms with Crippen LogP contribution in [0.3, 0.4) is 0 Å². The average Bonchev–Trinajstić information content (AvgIpc) is 3.31. The maximum Gasteiger partial charge on any atom is 0.354 e. The Morgan fingerprint density at radius 3 is 2.46 bits per heavy atom. The van der Waals surface area contributed by atoms with Gasteiger partial charge in [0.2, 0.25) is 5.78 Å². The second kappa shape index (κ2) is 9.46. The van der Waals surface area contributed by atoms with Crippen molar-refractivity contribution in [1.29, 1.82) is 0 Å². The highest BCUT2D eigenvalue weighted by Gasteiger charge is 2.44. The third-order valence-corrected chi connectivity index (χ3v) is 6.14. The number of Topliss-reactive ketones (excluding diaryl/α,β-unsaturated/α-hetero) is 1. The van der Waals surface area contributed by atoms with Crippen molar-refractivity contribution in [1.82, 2.24) is 9.88 Å². The van der Waals surface area contributed by atoms with Crippen LogP contribution in [-0.4, -0.2) is 41.8 Å². The van der Waals surface area contributed by atoms with E-state index in [1.165, 1.54) is 19.1 Å². The van der Waals surface area contributed by atoms with Crippen molar-refractivity contribution >= 4 is 23.4 Å². The molecule has 1 amide bonds. The first-order valence-corrected chi connectivity index (χ1v) is 10.9. The van der Waals surface area contributed by atoms with Crippen LogP contribution < -0.4 is 14.8 Å². The average molecular weight is 476 g/mol. The van der Waals surface area contributed by atoms with E-state index in [2.05, 4.69) is 9.97 Å². The number of esters is 1. The molecule has 1 atom stereocenters. The van der Waals surface area contributed by atoms with E-state index in [-0.39, 0.29) is 23.4 Å². The van der Waals surface area contributed by atoms with E-state index in [1.807, 2.05) is 6.07 Å². The first-order chi connectivity index (χ1) is 16.8. The van der Waals surface area contributed by atoms with Gasteiger partial charge in [0.05, 0.1) is 26.8 Å². The van der Waals surface area contributed by atoms with E-state index in [1.54, 1.807) is 56.6 Å². The zero-order valence-corrected chi connectivity index (χ0v) is 19.8. The van der Waals surface area contributed by atoms with Gasteiger partial charge in [-0.15, -0.1) is 0 Å². The number of hydrogen-bond donors (Lipinski definition) is 1. The molecule has 9 nitrogen and oxygen atoms in total. The quantitative estimate of drug-likeness (QED) is 0.250. The number of aryl methyl sites for hydroxylation is 1. The Balaban J connectivity index is 1.90. The number of aromatic amines is 2. The summed E-state index contributed by atoms with van der Waals surface area (Å²) in [5.41, 5.74) is 2.26. The fourth-order valence-corrected chi connectivity index (χ4v) is 4.42. The second-order valence-corrected chi connectivity index (χ2v) is 8.21. The minimum absolute atomic E-state index is 0.119. The molecule has 2 aromatic heterocycles. The highest BCUT2D eigenvalue weighted by Crippen LogP contribution is 2.41. The fraction of sp³-hybridized carbons (Fsp3) is 0.231. The van der Waals surface area contributed by atoms with Crippen LogP contribution in [0, 0.1) is 13.8 Å². The number of aromatic nitrogens is 2. The first-order valence-electron chi connectivity index (χ1n) is 10.9. The van der Waals surface area contributed by atoms with Crippen molar-refractivity contribution in [3.8, 4) is 5.75 Å². The van der Waals surface area contributed by atoms with Crippen LogP contribution in [0.1, 0.15) is 44.5 Å². The molecular weight excluding hydrogens is 450 g/mol. The van der Waals surface area contributed by atoms with Gasteiger partial charge >= 0.3 is 5.97 Å². The molecule has 1 aliphatic heterocycles. The van der Waals surface area contributed by atoms with Gasteiger partial charge in [-0.05, 0) is 48.7 Å². The fourth-order valence-electron chi connectivity index (χ4n) is 4.42. The topological polar surface area (TPSA) is 126 Å². The first kappa shape index (κ1) is 23.7. The molecule has 1 unspecified atom stereocenters. The Hall–Kier alpha value is -4.40. The molecule has 0 aliphatic carbocycles. The lowest BCUT2D eigenvalue weighted by molar-refractivity contribution is -0.378. The van der Waals surface area contributed by atoms with Gasteiger partial charge in [0.25, 0.3) is 5.91 Å². The van der Waals surface area contributed by atoms with Gasteiger partial charge < -0.3 is 24.5 Å². The molecule has 2 N–H and O–H groups in total. The van der Waals surface area contributed by atoms with Gasteiger partial charge in [0.1, 0.15) is 11.4 Å². The lowest BCUT2D eigenvalue weighted by Crippen LogP contribution is -2.29. The van der Waals surface area contributed by atoms with Crippen LogP contribution in [-0.2, 0) is 20.9 Å². The number of nitrogens with zero attached hydrogens (tertiary/aromatic N) is 1. The van der Waals surface area contributed by atoms with Gasteiger partial charge in [0, 0.05) is 22.9 Å². The zero-order chi connectivity index (χ0) is 25.3. The number of benzene rings is 1. The lowest BCUT2D eigenvalue weighted by atomic mass is 9.94. The van der Waals surface area contributed by atoms with E-state index >= 15 is 0 Å². The van der Waals surface area contributed by atoms with E-state index in [0.717, 1.165) is 5.56 Å². The molecule has 35 heavy (non-hydrogen) atoms. The Morgan fingerprint density at radius 2 is 1.86 bits per heavy atom. The molecule has 3 heterocycles. The Bertz CT molecular complexity index is 1330. The largest absolute Gasteiger partial charge is 0.872 e. The normalized spacial score (nSPS) is 17.0. The zero-order valence-electron chi connectivity index (χ0n) is 19.8. The number of amides is 1. The monoisotopic (exact) mass is 475 g/mol. The Kier molecular flexibility index (Phi) is 6.42. The number of carbonyl (C=O) groups is 3. The molecule has 4 rings (SSSR count). The standard InChI is InChI=1S/C26H25N3O6/c1-14-19(15(2)28-21(14)26(33)35-4)23(30)20-22(17-7-9-18(34-3)10-8-17)29(25(32)24(20)31)13-16-6-5-11-27-12-16/h5-12,22,28,30H,13H2,1-4H3/b23-20+. The van der Waals surface area contributed by atoms with Crippen LogP contribution >= 0.6 is 0 Å². The van der Waals surface area contributed by atoms with E-state index in [0.29, 0.717) is 22.6 Å². The number of carbonyl (C=O) groups excluding carboxylic acids is 3. The second-order valence-electron chi connectivity index (χ2n) is 8.21. The maximum absolute atomic E-state index is 13.8. The third kappa shape index (κ3) is 4.16. The van der Waals surface area contributed by atoms with Crippen LogP contribution in [0.15, 0.2) is 54.4 Å². The molecular formula is C26H25N3O6. The molecule has 1 fully saturated rings. The summed E-state index contributed by atoms with van der Waals surface area (Å²) in [7, 11) is 2.78. The van der Waals surface area contributed by atoms with Crippen molar-refractivity contribution in [2.45, 2.75) is 26.4 Å². The molecule has 9 heteroatoms. The predicted octanol–water partition coefficient (Wildman–Crippen LogP) is 1.67. The molecule has 0 radical (unpaired) electrons. The molecule has 1 aliphatic rings. The molecule has 1 saturated heterocycles. The molecule has 3 aromatic rings. The van der Waals surface area contributed by atoms with Gasteiger partial charge in [-0.1, -0.05) is 17.9 Å². The van der Waals surface area contributed by atoms with Gasteiger partial charge in [-0.2, -0.15) is 0 Å². The number of hydrogen-bond acceptors (Lipinski definition) is 6. The van der Waals surface area contributed by atoms with Gasteiger partial charge in [-0.3, -0.25) is 9.59 Å². The van der Waals surface area contributed by atoms with E-state index < -0.39 is 29.5 Å². The number of rotatable bonds is 6. The van der Waals surface area contributed by atoms with Crippen LogP contribution in [0.2, 0.25) is 0 Å². The van der Waals surface area contributed by atoms with Crippen molar-refractivity contribution < 1.29 is 33.9 Å². The lowest BCUT2D eigenvalue weighted by Gasteiger charge is -2.27. The predicted molar refractivity (Wildman–Crippen MR) is 123 cm³/mol. The van der Waals surface area contributed by atoms with Crippen LogP contribution in [0.5, 0.6) is 5.75 Å². The SMILES string of the molecule is COC(=O)c1[nH]c(C)c(/C([O-])=C2\C(=O)C(=O)N(Cc3ccc[nH+]c3)C2c2ccc(OC)cc2)c1C. The number of nitrogens with one attached hydrogen (secondary N) is 2. The summed E-state index contributed by atoms with van der Waals surface area (Å²) in [6.07, 6.45) is 3.46. The molecule has 0 saturated carbocycles. The van der Waals surface area contributed by atoms with Gasteiger partial charge in [-0.25, -0.2) is 9.78 Å². The summed E-state index contributed by atoms with van der Waals surface area (Å²) >= 11 is 0.